The minimum Gasteiger partial charge on any atom is -0.478 e. The number of benzene rings is 1. The summed E-state index contributed by atoms with van der Waals surface area (Å²) in [4.78, 5) is 10.5. The van der Waals surface area contributed by atoms with Crippen LogP contribution < -0.4 is 4.74 Å². The molecule has 0 aliphatic carbocycles. The van der Waals surface area contributed by atoms with Crippen molar-refractivity contribution in [3.63, 3.8) is 0 Å². The van der Waals surface area contributed by atoms with Crippen molar-refractivity contribution in [2.75, 3.05) is 0 Å². The lowest BCUT2D eigenvalue weighted by atomic mass is 10.2. The highest BCUT2D eigenvalue weighted by Gasteiger charge is 2.18. The third kappa shape index (κ3) is 2.91. The molecule has 0 bridgehead atoms. The third-order valence-corrected chi connectivity index (χ3v) is 2.02. The van der Waals surface area contributed by atoms with Gasteiger partial charge in [0, 0.05) is 0 Å². The average Bonchev–Trinajstić information content (AvgIpc) is 2.28. The minimum atomic E-state index is -1.44. The van der Waals surface area contributed by atoms with Gasteiger partial charge >= 0.3 is 5.97 Å². The fourth-order valence-electron chi connectivity index (χ4n) is 1.14. The Labute approximate surface area is 96.0 Å². The Kier molecular flexibility index (Phi) is 3.99. The SMILES string of the molecule is CCC(C#N)Oc1c(F)cc(C(=O)O)cc1F. The number of carboxylic acid groups (broad SMARTS) is 1. The molecule has 90 valence electrons. The summed E-state index contributed by atoms with van der Waals surface area (Å²) in [5, 5.41) is 17.2. The summed E-state index contributed by atoms with van der Waals surface area (Å²) in [6, 6.07) is 3.01. The van der Waals surface area contributed by atoms with Crippen molar-refractivity contribution in [1.29, 1.82) is 5.26 Å². The molecule has 0 saturated carbocycles. The summed E-state index contributed by atoms with van der Waals surface area (Å²) in [5.74, 6) is -4.46. The Balaban J connectivity index is 3.10. The topological polar surface area (TPSA) is 70.3 Å². The molecule has 1 N–H and O–H groups in total. The molecular formula is C11H9F2NO3. The Hall–Kier alpha value is -2.16. The van der Waals surface area contributed by atoms with Gasteiger partial charge in [0.05, 0.1) is 5.56 Å². The van der Waals surface area contributed by atoms with Crippen LogP contribution in [0.3, 0.4) is 0 Å². The molecule has 6 heteroatoms. The number of aromatic carboxylic acids is 1. The maximum atomic E-state index is 13.4. The van der Waals surface area contributed by atoms with E-state index in [1.807, 2.05) is 0 Å². The molecule has 4 nitrogen and oxygen atoms in total. The Morgan fingerprint density at radius 3 is 2.41 bits per heavy atom. The molecule has 1 rings (SSSR count). The van der Waals surface area contributed by atoms with E-state index in [1.165, 1.54) is 0 Å². The highest BCUT2D eigenvalue weighted by Crippen LogP contribution is 2.24. The first-order valence-corrected chi connectivity index (χ1v) is 4.78. The van der Waals surface area contributed by atoms with Crippen molar-refractivity contribution >= 4 is 5.97 Å². The maximum absolute atomic E-state index is 13.4. The molecule has 0 amide bonds. The molecule has 17 heavy (non-hydrogen) atoms. The number of nitrogens with zero attached hydrogens (tertiary/aromatic N) is 1. The molecule has 1 aromatic rings. The van der Waals surface area contributed by atoms with Crippen LogP contribution in [0.2, 0.25) is 0 Å². The Morgan fingerprint density at radius 1 is 1.53 bits per heavy atom. The molecule has 0 aliphatic rings. The molecule has 0 fully saturated rings. The standard InChI is InChI=1S/C11H9F2NO3/c1-2-7(5-14)17-10-8(12)3-6(11(15)16)4-9(10)13/h3-4,7H,2H2,1H3,(H,15,16). The third-order valence-electron chi connectivity index (χ3n) is 2.02. The quantitative estimate of drug-likeness (QED) is 0.878. The van der Waals surface area contributed by atoms with E-state index in [9.17, 15) is 13.6 Å². The van der Waals surface area contributed by atoms with Crippen molar-refractivity contribution in [1.82, 2.24) is 0 Å². The van der Waals surface area contributed by atoms with Gasteiger partial charge in [-0.05, 0) is 18.6 Å². The van der Waals surface area contributed by atoms with Crippen LogP contribution in [0.5, 0.6) is 5.75 Å². The van der Waals surface area contributed by atoms with Gasteiger partial charge in [-0.1, -0.05) is 6.92 Å². The van der Waals surface area contributed by atoms with E-state index in [0.717, 1.165) is 0 Å². The normalized spacial score (nSPS) is 11.6. The van der Waals surface area contributed by atoms with Gasteiger partial charge in [0.15, 0.2) is 23.5 Å². The van der Waals surface area contributed by atoms with Crippen molar-refractivity contribution < 1.29 is 23.4 Å². The lowest BCUT2D eigenvalue weighted by Gasteiger charge is -2.12. The highest BCUT2D eigenvalue weighted by atomic mass is 19.1. The first-order chi connectivity index (χ1) is 7.99. The second-order valence-electron chi connectivity index (χ2n) is 3.22. The number of hydrogen-bond acceptors (Lipinski definition) is 3. The lowest BCUT2D eigenvalue weighted by Crippen LogP contribution is -2.14. The van der Waals surface area contributed by atoms with E-state index in [1.54, 1.807) is 13.0 Å². The van der Waals surface area contributed by atoms with Gasteiger partial charge < -0.3 is 9.84 Å². The number of carbonyl (C=O) groups is 1. The van der Waals surface area contributed by atoms with Crippen molar-refractivity contribution in [2.24, 2.45) is 0 Å². The van der Waals surface area contributed by atoms with Gasteiger partial charge in [0.2, 0.25) is 0 Å². The summed E-state index contributed by atoms with van der Waals surface area (Å²) < 4.78 is 31.5. The summed E-state index contributed by atoms with van der Waals surface area (Å²) in [7, 11) is 0. The Morgan fingerprint density at radius 2 is 2.06 bits per heavy atom. The van der Waals surface area contributed by atoms with E-state index in [-0.39, 0.29) is 6.42 Å². The van der Waals surface area contributed by atoms with Crippen molar-refractivity contribution in [3.05, 3.63) is 29.3 Å². The van der Waals surface area contributed by atoms with Gasteiger partial charge in [0.1, 0.15) is 6.07 Å². The summed E-state index contributed by atoms with van der Waals surface area (Å²) in [6.07, 6.45) is -0.717. The van der Waals surface area contributed by atoms with E-state index in [2.05, 4.69) is 0 Å². The van der Waals surface area contributed by atoms with E-state index >= 15 is 0 Å². The van der Waals surface area contributed by atoms with Gasteiger partial charge in [-0.25, -0.2) is 13.6 Å². The first kappa shape index (κ1) is 12.9. The van der Waals surface area contributed by atoms with Crippen LogP contribution in [-0.4, -0.2) is 17.2 Å². The second kappa shape index (κ2) is 5.25. The molecule has 0 aromatic heterocycles. The van der Waals surface area contributed by atoms with Crippen molar-refractivity contribution in [2.45, 2.75) is 19.4 Å². The molecule has 0 aliphatic heterocycles. The van der Waals surface area contributed by atoms with Crippen LogP contribution in [0.4, 0.5) is 8.78 Å². The molecular weight excluding hydrogens is 232 g/mol. The zero-order valence-corrected chi connectivity index (χ0v) is 8.91. The van der Waals surface area contributed by atoms with Crippen LogP contribution >= 0.6 is 0 Å². The van der Waals surface area contributed by atoms with Crippen LogP contribution in [-0.2, 0) is 0 Å². The molecule has 1 aromatic carbocycles. The number of rotatable bonds is 4. The zero-order chi connectivity index (χ0) is 13.0. The first-order valence-electron chi connectivity index (χ1n) is 4.78. The molecule has 1 atom stereocenters. The highest BCUT2D eigenvalue weighted by molar-refractivity contribution is 5.87. The molecule has 1 unspecified atom stereocenters. The van der Waals surface area contributed by atoms with Crippen LogP contribution in [0.1, 0.15) is 23.7 Å². The minimum absolute atomic E-state index is 0.260. The predicted molar refractivity (Wildman–Crippen MR) is 53.6 cm³/mol. The number of carboxylic acids is 1. The lowest BCUT2D eigenvalue weighted by molar-refractivity contribution is 0.0695. The molecule has 0 saturated heterocycles. The monoisotopic (exact) mass is 241 g/mol. The van der Waals surface area contributed by atoms with Crippen LogP contribution in [0.25, 0.3) is 0 Å². The zero-order valence-electron chi connectivity index (χ0n) is 8.91. The van der Waals surface area contributed by atoms with E-state index < -0.39 is 35.0 Å². The number of ether oxygens (including phenoxy) is 1. The fourth-order valence-corrected chi connectivity index (χ4v) is 1.14. The molecule has 0 heterocycles. The summed E-state index contributed by atoms with van der Waals surface area (Å²) >= 11 is 0. The van der Waals surface area contributed by atoms with Gasteiger partial charge in [0.25, 0.3) is 0 Å². The predicted octanol–water partition coefficient (Wildman–Crippen LogP) is 2.34. The van der Waals surface area contributed by atoms with Crippen LogP contribution in [0, 0.1) is 23.0 Å². The van der Waals surface area contributed by atoms with Gasteiger partial charge in [-0.3, -0.25) is 0 Å². The van der Waals surface area contributed by atoms with E-state index in [0.29, 0.717) is 12.1 Å². The maximum Gasteiger partial charge on any atom is 0.335 e. The van der Waals surface area contributed by atoms with Crippen LogP contribution in [0.15, 0.2) is 12.1 Å². The fraction of sp³-hybridized carbons (Fsp3) is 0.273. The molecule has 0 spiro atoms. The number of nitriles is 1. The summed E-state index contributed by atoms with van der Waals surface area (Å²) in [6.45, 7) is 1.62. The smallest absolute Gasteiger partial charge is 0.335 e. The van der Waals surface area contributed by atoms with Crippen molar-refractivity contribution in [3.8, 4) is 11.8 Å². The second-order valence-corrected chi connectivity index (χ2v) is 3.22. The van der Waals surface area contributed by atoms with Gasteiger partial charge in [-0.2, -0.15) is 5.26 Å². The number of hydrogen-bond donors (Lipinski definition) is 1. The van der Waals surface area contributed by atoms with Gasteiger partial charge in [-0.15, -0.1) is 0 Å². The Bertz CT molecular complexity index is 459. The summed E-state index contributed by atoms with van der Waals surface area (Å²) in [5.41, 5.74) is -0.516. The molecule has 0 radical (unpaired) electrons. The van der Waals surface area contributed by atoms with E-state index in [4.69, 9.17) is 15.1 Å². The number of halogens is 2. The average molecular weight is 241 g/mol. The largest absolute Gasteiger partial charge is 0.478 e.